The number of nitro benzene ring substituents is 1. The van der Waals surface area contributed by atoms with Gasteiger partial charge in [-0.2, -0.15) is 0 Å². The molecule has 3 aromatic carbocycles. The van der Waals surface area contributed by atoms with Crippen LogP contribution < -0.4 is 0 Å². The van der Waals surface area contributed by atoms with E-state index in [1.807, 2.05) is 30.5 Å². The third kappa shape index (κ3) is 4.91. The fourth-order valence-corrected chi connectivity index (χ4v) is 5.30. The number of carbonyl (C=O) groups is 1. The Morgan fingerprint density at radius 3 is 2.69 bits per heavy atom. The Morgan fingerprint density at radius 2 is 1.92 bits per heavy atom. The van der Waals surface area contributed by atoms with Crippen molar-refractivity contribution in [2.45, 2.75) is 6.42 Å². The van der Waals surface area contributed by atoms with Gasteiger partial charge in [0, 0.05) is 45.8 Å². The molecule has 180 valence electrons. The van der Waals surface area contributed by atoms with E-state index in [0.29, 0.717) is 34.3 Å². The first-order valence-electron chi connectivity index (χ1n) is 11.0. The van der Waals surface area contributed by atoms with Gasteiger partial charge in [-0.3, -0.25) is 19.8 Å². The predicted octanol–water partition coefficient (Wildman–Crippen LogP) is 6.39. The number of non-ortho nitro benzene ring substituents is 1. The van der Waals surface area contributed by atoms with E-state index in [1.54, 1.807) is 41.3 Å². The maximum atomic E-state index is 13.4. The van der Waals surface area contributed by atoms with Gasteiger partial charge >= 0.3 is 0 Å². The van der Waals surface area contributed by atoms with Crippen LogP contribution in [0.1, 0.15) is 11.1 Å². The molecule has 0 aliphatic carbocycles. The van der Waals surface area contributed by atoms with Crippen LogP contribution in [0.3, 0.4) is 0 Å². The monoisotopic (exact) mass is 562 g/mol. The molecule has 1 saturated heterocycles. The molecule has 4 aromatic rings. The summed E-state index contributed by atoms with van der Waals surface area (Å²) in [6.07, 6.45) is 4.19. The number of H-pyrrole nitrogens is 1. The number of benzene rings is 3. The predicted molar refractivity (Wildman–Crippen MR) is 145 cm³/mol. The Hall–Kier alpha value is -3.89. The van der Waals surface area contributed by atoms with Crippen molar-refractivity contribution >= 4 is 67.1 Å². The summed E-state index contributed by atoms with van der Waals surface area (Å²) in [5.41, 5.74) is 3.09. The number of rotatable bonds is 6. The van der Waals surface area contributed by atoms with Crippen molar-refractivity contribution in [2.24, 2.45) is 4.99 Å². The SMILES string of the molecule is O=C1/C(=C/c2cc(Br)ccc2O)SC(=Nc2ccc([N+](=O)[O-])cc2)N1CCc1c[nH]c2ccccc12. The van der Waals surface area contributed by atoms with Gasteiger partial charge in [-0.05, 0) is 66.2 Å². The standard InChI is InChI=1S/C26H19BrN4O4S/c27-18-5-10-23(32)17(13-18)14-24-25(33)30(12-11-16-15-28-22-4-2-1-3-21(16)22)26(36-24)29-19-6-8-20(9-7-19)31(34)35/h1-10,13-15,28,32H,11-12H2/b24-14-,29-26?. The maximum absolute atomic E-state index is 13.4. The molecule has 2 heterocycles. The minimum atomic E-state index is -0.469. The van der Waals surface area contributed by atoms with Gasteiger partial charge < -0.3 is 10.1 Å². The van der Waals surface area contributed by atoms with Crippen molar-refractivity contribution in [3.05, 3.63) is 104 Å². The highest BCUT2D eigenvalue weighted by molar-refractivity contribution is 9.10. The molecule has 1 aliphatic heterocycles. The van der Waals surface area contributed by atoms with Crippen molar-refractivity contribution in [1.29, 1.82) is 0 Å². The molecule has 1 amide bonds. The molecule has 36 heavy (non-hydrogen) atoms. The first kappa shape index (κ1) is 23.8. The number of aliphatic imine (C=N–C) groups is 1. The van der Waals surface area contributed by atoms with Crippen molar-refractivity contribution in [3.8, 4) is 5.75 Å². The van der Waals surface area contributed by atoms with Crippen molar-refractivity contribution in [3.63, 3.8) is 0 Å². The molecule has 0 atom stereocenters. The highest BCUT2D eigenvalue weighted by Gasteiger charge is 2.33. The van der Waals surface area contributed by atoms with Gasteiger partial charge in [0.05, 0.1) is 15.5 Å². The number of hydrogen-bond acceptors (Lipinski definition) is 6. The number of aromatic hydroxyl groups is 1. The van der Waals surface area contributed by atoms with E-state index >= 15 is 0 Å². The van der Waals surface area contributed by atoms with Crippen LogP contribution in [0.2, 0.25) is 0 Å². The van der Waals surface area contributed by atoms with Crippen LogP contribution in [0.15, 0.2) is 87.3 Å². The average molecular weight is 563 g/mol. The number of thioether (sulfide) groups is 1. The lowest BCUT2D eigenvalue weighted by molar-refractivity contribution is -0.384. The summed E-state index contributed by atoms with van der Waals surface area (Å²) in [7, 11) is 0. The van der Waals surface area contributed by atoms with Gasteiger partial charge in [-0.1, -0.05) is 34.1 Å². The summed E-state index contributed by atoms with van der Waals surface area (Å²) in [4.78, 5) is 33.9. The Morgan fingerprint density at radius 1 is 1.14 bits per heavy atom. The molecule has 10 heteroatoms. The number of halogens is 1. The highest BCUT2D eigenvalue weighted by Crippen LogP contribution is 2.36. The van der Waals surface area contributed by atoms with Crippen LogP contribution in [-0.4, -0.2) is 37.5 Å². The fraction of sp³-hybridized carbons (Fsp3) is 0.0769. The highest BCUT2D eigenvalue weighted by atomic mass is 79.9. The molecule has 0 unspecified atom stereocenters. The summed E-state index contributed by atoms with van der Waals surface area (Å²) in [5, 5.41) is 22.8. The van der Waals surface area contributed by atoms with Crippen LogP contribution in [-0.2, 0) is 11.2 Å². The Kier molecular flexibility index (Phi) is 6.62. The zero-order valence-electron chi connectivity index (χ0n) is 18.7. The maximum Gasteiger partial charge on any atom is 0.269 e. The second-order valence-corrected chi connectivity index (χ2v) is 9.97. The van der Waals surface area contributed by atoms with Crippen molar-refractivity contribution < 1.29 is 14.8 Å². The van der Waals surface area contributed by atoms with E-state index in [4.69, 9.17) is 0 Å². The number of nitrogens with one attached hydrogen (secondary N) is 1. The lowest BCUT2D eigenvalue weighted by atomic mass is 10.1. The third-order valence-corrected chi connectivity index (χ3v) is 7.23. The first-order valence-corrected chi connectivity index (χ1v) is 12.6. The number of aromatic amines is 1. The van der Waals surface area contributed by atoms with Crippen LogP contribution in [0.4, 0.5) is 11.4 Å². The second kappa shape index (κ2) is 10.00. The molecule has 1 aliphatic rings. The molecule has 0 spiro atoms. The molecule has 5 rings (SSSR count). The molecule has 0 radical (unpaired) electrons. The number of fused-ring (bicyclic) bond motifs is 1. The number of hydrogen-bond donors (Lipinski definition) is 2. The largest absolute Gasteiger partial charge is 0.507 e. The van der Waals surface area contributed by atoms with E-state index in [-0.39, 0.29) is 17.3 Å². The van der Waals surface area contributed by atoms with Crippen molar-refractivity contribution in [2.75, 3.05) is 6.54 Å². The number of phenols is 1. The molecule has 2 N–H and O–H groups in total. The molecule has 0 bridgehead atoms. The summed E-state index contributed by atoms with van der Waals surface area (Å²) < 4.78 is 0.776. The van der Waals surface area contributed by atoms with Gasteiger partial charge in [0.2, 0.25) is 0 Å². The Labute approximate surface area is 218 Å². The normalized spacial score (nSPS) is 15.9. The number of amidine groups is 1. The van der Waals surface area contributed by atoms with Crippen LogP contribution in [0.5, 0.6) is 5.75 Å². The topological polar surface area (TPSA) is 112 Å². The summed E-state index contributed by atoms with van der Waals surface area (Å²) in [6.45, 7) is 0.390. The van der Waals surface area contributed by atoms with Crippen LogP contribution >= 0.6 is 27.7 Å². The molecular weight excluding hydrogens is 544 g/mol. The molecule has 8 nitrogen and oxygen atoms in total. The fourth-order valence-electron chi connectivity index (χ4n) is 3.90. The summed E-state index contributed by atoms with van der Waals surface area (Å²) in [6, 6.07) is 18.9. The lowest BCUT2D eigenvalue weighted by Gasteiger charge is -2.15. The first-order chi connectivity index (χ1) is 17.4. The van der Waals surface area contributed by atoms with Crippen LogP contribution in [0.25, 0.3) is 17.0 Å². The van der Waals surface area contributed by atoms with Crippen LogP contribution in [0, 0.1) is 10.1 Å². The Balaban J connectivity index is 1.48. The number of carbonyl (C=O) groups excluding carboxylic acids is 1. The zero-order chi connectivity index (χ0) is 25.2. The number of phenolic OH excluding ortho intramolecular Hbond substituents is 1. The quantitative estimate of drug-likeness (QED) is 0.160. The van der Waals surface area contributed by atoms with E-state index in [9.17, 15) is 20.0 Å². The van der Waals surface area contributed by atoms with Gasteiger partial charge in [0.15, 0.2) is 5.17 Å². The average Bonchev–Trinajstić information content (AvgIpc) is 3.41. The number of para-hydroxylation sites is 1. The molecular formula is C26H19BrN4O4S. The number of nitro groups is 1. The lowest BCUT2D eigenvalue weighted by Crippen LogP contribution is -2.31. The third-order valence-electron chi connectivity index (χ3n) is 5.73. The minimum absolute atomic E-state index is 0.0315. The minimum Gasteiger partial charge on any atom is -0.507 e. The van der Waals surface area contributed by atoms with E-state index in [1.165, 1.54) is 23.9 Å². The van der Waals surface area contributed by atoms with Gasteiger partial charge in [-0.25, -0.2) is 4.99 Å². The van der Waals surface area contributed by atoms with Gasteiger partial charge in [0.25, 0.3) is 11.6 Å². The van der Waals surface area contributed by atoms with E-state index < -0.39 is 4.92 Å². The summed E-state index contributed by atoms with van der Waals surface area (Å²) in [5.74, 6) is -0.162. The van der Waals surface area contributed by atoms with Gasteiger partial charge in [-0.15, -0.1) is 0 Å². The molecule has 1 aromatic heterocycles. The number of nitrogens with zero attached hydrogens (tertiary/aromatic N) is 3. The smallest absolute Gasteiger partial charge is 0.269 e. The second-order valence-electron chi connectivity index (χ2n) is 8.05. The summed E-state index contributed by atoms with van der Waals surface area (Å²) >= 11 is 4.60. The number of aromatic nitrogens is 1. The van der Waals surface area contributed by atoms with E-state index in [2.05, 4.69) is 25.9 Å². The van der Waals surface area contributed by atoms with Gasteiger partial charge in [0.1, 0.15) is 5.75 Å². The molecule has 1 fully saturated rings. The Bertz CT molecular complexity index is 1550. The van der Waals surface area contributed by atoms with E-state index in [0.717, 1.165) is 20.9 Å². The van der Waals surface area contributed by atoms with Crippen molar-refractivity contribution in [1.82, 2.24) is 9.88 Å². The zero-order valence-corrected chi connectivity index (χ0v) is 21.1. The molecule has 0 saturated carbocycles. The number of amides is 1.